The Morgan fingerprint density at radius 2 is 1.86 bits per heavy atom. The van der Waals surface area contributed by atoms with Crippen LogP contribution in [0.25, 0.3) is 0 Å². The summed E-state index contributed by atoms with van der Waals surface area (Å²) in [4.78, 5) is 25.9. The highest BCUT2D eigenvalue weighted by molar-refractivity contribution is 6.09. The first-order valence-corrected chi connectivity index (χ1v) is 7.27. The molecule has 0 N–H and O–H groups in total. The summed E-state index contributed by atoms with van der Waals surface area (Å²) < 4.78 is 5.54. The molecular formula is C18H17NO3. The fraction of sp³-hybridized carbons (Fsp3) is 0.222. The molecule has 0 saturated carbocycles. The number of carbonyl (C=O) groups excluding carboxylic acids is 2. The van der Waals surface area contributed by atoms with Gasteiger partial charge in [-0.15, -0.1) is 0 Å². The molecule has 1 amide bonds. The van der Waals surface area contributed by atoms with Crippen LogP contribution < -0.4 is 9.64 Å². The van der Waals surface area contributed by atoms with Crippen LogP contribution >= 0.6 is 0 Å². The second-order valence-electron chi connectivity index (χ2n) is 5.34. The van der Waals surface area contributed by atoms with Gasteiger partial charge in [-0.3, -0.25) is 9.59 Å². The van der Waals surface area contributed by atoms with Gasteiger partial charge < -0.3 is 9.64 Å². The average Bonchev–Trinajstić information content (AvgIpc) is 2.55. The Balaban J connectivity index is 1.72. The van der Waals surface area contributed by atoms with Gasteiger partial charge in [-0.05, 0) is 31.2 Å². The molecule has 1 heterocycles. The van der Waals surface area contributed by atoms with E-state index in [2.05, 4.69) is 0 Å². The number of anilines is 1. The van der Waals surface area contributed by atoms with Crippen LogP contribution in [0, 0.1) is 6.92 Å². The van der Waals surface area contributed by atoms with Gasteiger partial charge in [0.1, 0.15) is 5.75 Å². The van der Waals surface area contributed by atoms with Gasteiger partial charge in [-0.2, -0.15) is 0 Å². The minimum Gasteiger partial charge on any atom is -0.484 e. The number of rotatable bonds is 3. The van der Waals surface area contributed by atoms with Crippen molar-refractivity contribution in [1.29, 1.82) is 0 Å². The van der Waals surface area contributed by atoms with Crippen molar-refractivity contribution in [3.63, 3.8) is 0 Å². The second-order valence-corrected chi connectivity index (χ2v) is 5.34. The molecule has 4 nitrogen and oxygen atoms in total. The number of ketones is 1. The van der Waals surface area contributed by atoms with Crippen LogP contribution in [0.1, 0.15) is 22.3 Å². The molecule has 0 saturated heterocycles. The third-order valence-electron chi connectivity index (χ3n) is 3.74. The molecule has 112 valence electrons. The molecule has 0 unspecified atom stereocenters. The molecule has 0 atom stereocenters. The van der Waals surface area contributed by atoms with Gasteiger partial charge in [0.2, 0.25) is 0 Å². The fourth-order valence-corrected chi connectivity index (χ4v) is 2.53. The predicted molar refractivity (Wildman–Crippen MR) is 84.4 cm³/mol. The lowest BCUT2D eigenvalue weighted by atomic mass is 10.0. The Bertz CT molecular complexity index is 707. The molecule has 1 aliphatic heterocycles. The van der Waals surface area contributed by atoms with Crippen LogP contribution in [-0.2, 0) is 4.79 Å². The van der Waals surface area contributed by atoms with Crippen molar-refractivity contribution < 1.29 is 14.3 Å². The summed E-state index contributed by atoms with van der Waals surface area (Å²) in [5.74, 6) is 0.611. The summed E-state index contributed by atoms with van der Waals surface area (Å²) in [5, 5.41) is 0. The molecule has 2 aromatic rings. The number of ether oxygens (including phenoxy) is 1. The molecule has 0 fully saturated rings. The standard InChI is InChI=1S/C18H17NO3/c1-13-6-8-14(9-7-13)22-12-18(21)19-11-10-17(20)15-4-2-3-5-16(15)19/h2-9H,10-12H2,1H3. The van der Waals surface area contributed by atoms with E-state index in [4.69, 9.17) is 4.74 Å². The van der Waals surface area contributed by atoms with Crippen LogP contribution in [0.3, 0.4) is 0 Å². The lowest BCUT2D eigenvalue weighted by molar-refractivity contribution is -0.120. The third kappa shape index (κ3) is 2.86. The number of hydrogen-bond donors (Lipinski definition) is 0. The van der Waals surface area contributed by atoms with Gasteiger partial charge >= 0.3 is 0 Å². The van der Waals surface area contributed by atoms with Crippen molar-refractivity contribution in [2.75, 3.05) is 18.1 Å². The quantitative estimate of drug-likeness (QED) is 0.874. The first-order chi connectivity index (χ1) is 10.6. The van der Waals surface area contributed by atoms with Gasteiger partial charge in [0.25, 0.3) is 5.91 Å². The van der Waals surface area contributed by atoms with Crippen LogP contribution in [0.4, 0.5) is 5.69 Å². The van der Waals surface area contributed by atoms with Crippen molar-refractivity contribution in [1.82, 2.24) is 0 Å². The van der Waals surface area contributed by atoms with Gasteiger partial charge in [-0.25, -0.2) is 0 Å². The van der Waals surface area contributed by atoms with Crippen LogP contribution in [0.2, 0.25) is 0 Å². The lowest BCUT2D eigenvalue weighted by Gasteiger charge is -2.28. The lowest BCUT2D eigenvalue weighted by Crippen LogP contribution is -2.40. The molecule has 0 bridgehead atoms. The van der Waals surface area contributed by atoms with E-state index in [0.717, 1.165) is 5.56 Å². The highest BCUT2D eigenvalue weighted by Crippen LogP contribution is 2.26. The number of carbonyl (C=O) groups is 2. The van der Waals surface area contributed by atoms with Gasteiger partial charge in [0.15, 0.2) is 12.4 Å². The summed E-state index contributed by atoms with van der Waals surface area (Å²) in [6.45, 7) is 2.37. The highest BCUT2D eigenvalue weighted by atomic mass is 16.5. The molecule has 1 aliphatic rings. The molecule has 0 aromatic heterocycles. The van der Waals surface area contributed by atoms with E-state index in [-0.39, 0.29) is 18.3 Å². The smallest absolute Gasteiger partial charge is 0.264 e. The summed E-state index contributed by atoms with van der Waals surface area (Å²) in [7, 11) is 0. The maximum atomic E-state index is 12.4. The Labute approximate surface area is 129 Å². The van der Waals surface area contributed by atoms with E-state index in [0.29, 0.717) is 30.0 Å². The van der Waals surface area contributed by atoms with E-state index in [1.807, 2.05) is 43.3 Å². The molecule has 0 aliphatic carbocycles. The molecule has 4 heteroatoms. The number of fused-ring (bicyclic) bond motifs is 1. The first kappa shape index (κ1) is 14.3. The van der Waals surface area contributed by atoms with Crippen LogP contribution in [0.5, 0.6) is 5.75 Å². The molecule has 22 heavy (non-hydrogen) atoms. The zero-order chi connectivity index (χ0) is 15.5. The van der Waals surface area contributed by atoms with Crippen molar-refractivity contribution >= 4 is 17.4 Å². The molecule has 0 spiro atoms. The third-order valence-corrected chi connectivity index (χ3v) is 3.74. The van der Waals surface area contributed by atoms with Crippen molar-refractivity contribution in [3.05, 3.63) is 59.7 Å². The largest absolute Gasteiger partial charge is 0.484 e. The topological polar surface area (TPSA) is 46.6 Å². The van der Waals surface area contributed by atoms with Crippen molar-refractivity contribution in [2.24, 2.45) is 0 Å². The maximum absolute atomic E-state index is 12.4. The molecule has 0 radical (unpaired) electrons. The number of hydrogen-bond acceptors (Lipinski definition) is 3. The summed E-state index contributed by atoms with van der Waals surface area (Å²) >= 11 is 0. The van der Waals surface area contributed by atoms with Gasteiger partial charge in [0.05, 0.1) is 5.69 Å². The number of amides is 1. The number of benzene rings is 2. The van der Waals surface area contributed by atoms with Gasteiger partial charge in [0, 0.05) is 18.5 Å². The average molecular weight is 295 g/mol. The van der Waals surface area contributed by atoms with E-state index in [1.54, 1.807) is 17.0 Å². The Morgan fingerprint density at radius 1 is 1.14 bits per heavy atom. The van der Waals surface area contributed by atoms with E-state index >= 15 is 0 Å². The van der Waals surface area contributed by atoms with E-state index < -0.39 is 0 Å². The Morgan fingerprint density at radius 3 is 2.64 bits per heavy atom. The molecule has 2 aromatic carbocycles. The predicted octanol–water partition coefficient (Wildman–Crippen LogP) is 2.99. The van der Waals surface area contributed by atoms with Crippen LogP contribution in [-0.4, -0.2) is 24.8 Å². The van der Waals surface area contributed by atoms with E-state index in [1.165, 1.54) is 0 Å². The number of nitrogens with zero attached hydrogens (tertiary/aromatic N) is 1. The van der Waals surface area contributed by atoms with Crippen molar-refractivity contribution in [3.8, 4) is 5.75 Å². The summed E-state index contributed by atoms with van der Waals surface area (Å²) in [5.41, 5.74) is 2.43. The maximum Gasteiger partial charge on any atom is 0.264 e. The van der Waals surface area contributed by atoms with Crippen LogP contribution in [0.15, 0.2) is 48.5 Å². The SMILES string of the molecule is Cc1ccc(OCC(=O)N2CCC(=O)c3ccccc32)cc1. The highest BCUT2D eigenvalue weighted by Gasteiger charge is 2.26. The molecular weight excluding hydrogens is 278 g/mol. The fourth-order valence-electron chi connectivity index (χ4n) is 2.53. The number of para-hydroxylation sites is 1. The Kier molecular flexibility index (Phi) is 3.92. The number of aryl methyl sites for hydroxylation is 1. The zero-order valence-corrected chi connectivity index (χ0v) is 12.4. The summed E-state index contributed by atoms with van der Waals surface area (Å²) in [6, 6.07) is 14.8. The van der Waals surface area contributed by atoms with Crippen molar-refractivity contribution in [2.45, 2.75) is 13.3 Å². The minimum atomic E-state index is -0.138. The second kappa shape index (κ2) is 6.02. The zero-order valence-electron chi connectivity index (χ0n) is 12.4. The summed E-state index contributed by atoms with van der Waals surface area (Å²) in [6.07, 6.45) is 0.354. The molecule has 3 rings (SSSR count). The monoisotopic (exact) mass is 295 g/mol. The Hall–Kier alpha value is -2.62. The van der Waals surface area contributed by atoms with E-state index in [9.17, 15) is 9.59 Å². The first-order valence-electron chi connectivity index (χ1n) is 7.27. The normalized spacial score (nSPS) is 13.7. The van der Waals surface area contributed by atoms with Gasteiger partial charge in [-0.1, -0.05) is 29.8 Å². The minimum absolute atomic E-state index is 0.0361. The number of Topliss-reactive ketones (excluding diaryl/α,β-unsaturated/α-hetero) is 1.